The molecule has 0 saturated heterocycles. The fourth-order valence-corrected chi connectivity index (χ4v) is 4.41. The number of ether oxygens (including phenoxy) is 1. The quantitative estimate of drug-likeness (QED) is 0.541. The molecule has 1 saturated carbocycles. The lowest BCUT2D eigenvalue weighted by Gasteiger charge is -2.30. The van der Waals surface area contributed by atoms with Gasteiger partial charge >= 0.3 is 5.97 Å². The Bertz CT molecular complexity index is 842. The lowest BCUT2D eigenvalue weighted by Crippen LogP contribution is -2.25. The van der Waals surface area contributed by atoms with Crippen LogP contribution in [-0.2, 0) is 16.0 Å². The van der Waals surface area contributed by atoms with Gasteiger partial charge in [0.15, 0.2) is 0 Å². The zero-order valence-corrected chi connectivity index (χ0v) is 18.2. The first-order chi connectivity index (χ1) is 13.3. The van der Waals surface area contributed by atoms with E-state index in [1.54, 1.807) is 18.2 Å². The highest BCUT2D eigenvalue weighted by Gasteiger charge is 2.26. The van der Waals surface area contributed by atoms with Crippen molar-refractivity contribution in [2.45, 2.75) is 51.0 Å². The van der Waals surface area contributed by atoms with E-state index < -0.39 is 0 Å². The third kappa shape index (κ3) is 5.21. The summed E-state index contributed by atoms with van der Waals surface area (Å²) in [5, 5.41) is 1.07. The predicted molar refractivity (Wildman–Crippen MR) is 117 cm³/mol. The molecule has 2 aromatic rings. The van der Waals surface area contributed by atoms with Crippen LogP contribution in [-0.4, -0.2) is 26.2 Å². The fraction of sp³-hybridized carbons (Fsp3) is 0.435. The third-order valence-corrected chi connectivity index (χ3v) is 6.12. The Balaban J connectivity index is 1.53. The number of aryl methyl sites for hydroxylation is 1. The first-order valence-corrected chi connectivity index (χ1v) is 10.5. The summed E-state index contributed by atoms with van der Waals surface area (Å²) in [6.45, 7) is 2.18. The number of rotatable bonds is 5. The van der Waals surface area contributed by atoms with Crippen LogP contribution in [0.1, 0.15) is 48.3 Å². The molecule has 2 aromatic carbocycles. The fourth-order valence-electron chi connectivity index (χ4n) is 3.94. The van der Waals surface area contributed by atoms with Crippen molar-refractivity contribution >= 4 is 34.9 Å². The van der Waals surface area contributed by atoms with Crippen molar-refractivity contribution in [2.24, 2.45) is 0 Å². The van der Waals surface area contributed by atoms with Gasteiger partial charge in [0.1, 0.15) is 6.10 Å². The SMILES string of the molecule is Cc1cc(N(C)C)ccc1C1CCC(OC(=O)Cc2ccc(Cl)cc2Cl)CC1. The predicted octanol–water partition coefficient (Wildman–Crippen LogP) is 6.18. The van der Waals surface area contributed by atoms with E-state index in [-0.39, 0.29) is 18.5 Å². The summed E-state index contributed by atoms with van der Waals surface area (Å²) in [5.74, 6) is 0.316. The van der Waals surface area contributed by atoms with Crippen LogP contribution >= 0.6 is 23.2 Å². The molecule has 1 fully saturated rings. The van der Waals surface area contributed by atoms with Crippen LogP contribution in [0, 0.1) is 6.92 Å². The van der Waals surface area contributed by atoms with Crippen molar-refractivity contribution in [2.75, 3.05) is 19.0 Å². The van der Waals surface area contributed by atoms with Gasteiger partial charge in [-0.1, -0.05) is 35.3 Å². The molecule has 0 spiro atoms. The van der Waals surface area contributed by atoms with E-state index in [1.807, 2.05) is 0 Å². The van der Waals surface area contributed by atoms with Crippen LogP contribution in [0.15, 0.2) is 36.4 Å². The van der Waals surface area contributed by atoms with Crippen LogP contribution < -0.4 is 4.90 Å². The van der Waals surface area contributed by atoms with Crippen LogP contribution in [0.5, 0.6) is 0 Å². The number of nitrogens with zero attached hydrogens (tertiary/aromatic N) is 1. The van der Waals surface area contributed by atoms with E-state index in [2.05, 4.69) is 44.1 Å². The molecule has 0 unspecified atom stereocenters. The van der Waals surface area contributed by atoms with Crippen molar-refractivity contribution in [3.8, 4) is 0 Å². The Hall–Kier alpha value is -1.71. The molecule has 5 heteroatoms. The first-order valence-electron chi connectivity index (χ1n) is 9.74. The minimum atomic E-state index is -0.223. The molecule has 0 aromatic heterocycles. The second kappa shape index (κ2) is 9.19. The van der Waals surface area contributed by atoms with Gasteiger partial charge in [0.25, 0.3) is 0 Å². The molecule has 0 atom stereocenters. The van der Waals surface area contributed by atoms with Gasteiger partial charge in [-0.2, -0.15) is 0 Å². The topological polar surface area (TPSA) is 29.5 Å². The Kier molecular flexibility index (Phi) is 6.90. The third-order valence-electron chi connectivity index (χ3n) is 5.53. The van der Waals surface area contributed by atoms with Crippen LogP contribution in [0.25, 0.3) is 0 Å². The maximum Gasteiger partial charge on any atom is 0.310 e. The summed E-state index contributed by atoms with van der Waals surface area (Å²) in [7, 11) is 4.12. The monoisotopic (exact) mass is 419 g/mol. The maximum absolute atomic E-state index is 12.3. The number of benzene rings is 2. The summed E-state index contributed by atoms with van der Waals surface area (Å²) < 4.78 is 5.71. The van der Waals surface area contributed by atoms with Crippen molar-refractivity contribution in [3.63, 3.8) is 0 Å². The normalized spacial score (nSPS) is 19.3. The van der Waals surface area contributed by atoms with Gasteiger partial charge < -0.3 is 9.64 Å². The number of carbonyl (C=O) groups excluding carboxylic acids is 1. The molecule has 1 aliphatic rings. The minimum absolute atomic E-state index is 0.00354. The molecule has 0 heterocycles. The van der Waals surface area contributed by atoms with E-state index in [1.165, 1.54) is 16.8 Å². The summed E-state index contributed by atoms with van der Waals surface area (Å²) in [5.41, 5.74) is 4.73. The van der Waals surface area contributed by atoms with Crippen LogP contribution in [0.4, 0.5) is 5.69 Å². The summed E-state index contributed by atoms with van der Waals surface area (Å²) in [4.78, 5) is 14.4. The van der Waals surface area contributed by atoms with Crippen molar-refractivity contribution in [3.05, 3.63) is 63.1 Å². The molecule has 150 valence electrons. The zero-order chi connectivity index (χ0) is 20.3. The number of halogens is 2. The Labute approximate surface area is 177 Å². The van der Waals surface area contributed by atoms with Gasteiger partial charge in [-0.25, -0.2) is 0 Å². The molecular formula is C23H27Cl2NO2. The lowest BCUT2D eigenvalue weighted by atomic mass is 9.81. The van der Waals surface area contributed by atoms with Gasteiger partial charge in [0.2, 0.25) is 0 Å². The van der Waals surface area contributed by atoms with Gasteiger partial charge in [-0.05, 0) is 79.5 Å². The number of carbonyl (C=O) groups is 1. The first kappa shape index (κ1) is 21.0. The van der Waals surface area contributed by atoms with Crippen LogP contribution in [0.2, 0.25) is 10.0 Å². The van der Waals surface area contributed by atoms with Crippen molar-refractivity contribution in [1.82, 2.24) is 0 Å². The highest BCUT2D eigenvalue weighted by atomic mass is 35.5. The average Bonchev–Trinajstić information content (AvgIpc) is 2.65. The van der Waals surface area contributed by atoms with Crippen molar-refractivity contribution < 1.29 is 9.53 Å². The van der Waals surface area contributed by atoms with E-state index in [9.17, 15) is 4.79 Å². The van der Waals surface area contributed by atoms with E-state index in [4.69, 9.17) is 27.9 Å². The number of hydrogen-bond donors (Lipinski definition) is 0. The molecule has 0 aliphatic heterocycles. The second-order valence-corrected chi connectivity index (χ2v) is 8.65. The number of anilines is 1. The standard InChI is InChI=1S/C23H27Cl2NO2/c1-15-12-19(26(2)3)8-11-21(15)16-5-9-20(10-6-16)28-23(27)13-17-4-7-18(24)14-22(17)25/h4,7-8,11-12,14,16,20H,5-6,9-10,13H2,1-3H3. The highest BCUT2D eigenvalue weighted by Crippen LogP contribution is 2.36. The smallest absolute Gasteiger partial charge is 0.310 e. The molecule has 3 rings (SSSR count). The number of hydrogen-bond acceptors (Lipinski definition) is 3. The van der Waals surface area contributed by atoms with Gasteiger partial charge in [-0.3, -0.25) is 4.79 Å². The zero-order valence-electron chi connectivity index (χ0n) is 16.7. The largest absolute Gasteiger partial charge is 0.462 e. The molecular weight excluding hydrogens is 393 g/mol. The Morgan fingerprint density at radius 3 is 2.39 bits per heavy atom. The molecule has 1 aliphatic carbocycles. The van der Waals surface area contributed by atoms with E-state index >= 15 is 0 Å². The Morgan fingerprint density at radius 1 is 1.07 bits per heavy atom. The Morgan fingerprint density at radius 2 is 1.79 bits per heavy atom. The minimum Gasteiger partial charge on any atom is -0.462 e. The molecule has 0 amide bonds. The van der Waals surface area contributed by atoms with E-state index in [0.717, 1.165) is 31.2 Å². The summed E-state index contributed by atoms with van der Waals surface area (Å²) in [6.07, 6.45) is 4.07. The number of esters is 1. The average molecular weight is 420 g/mol. The van der Waals surface area contributed by atoms with E-state index in [0.29, 0.717) is 16.0 Å². The summed E-state index contributed by atoms with van der Waals surface area (Å²) in [6, 6.07) is 11.9. The summed E-state index contributed by atoms with van der Waals surface area (Å²) >= 11 is 12.1. The van der Waals surface area contributed by atoms with Gasteiger partial charge in [-0.15, -0.1) is 0 Å². The lowest BCUT2D eigenvalue weighted by molar-refractivity contribution is -0.149. The molecule has 28 heavy (non-hydrogen) atoms. The van der Waals surface area contributed by atoms with Crippen molar-refractivity contribution in [1.29, 1.82) is 0 Å². The molecule has 0 radical (unpaired) electrons. The molecule has 0 N–H and O–H groups in total. The molecule has 3 nitrogen and oxygen atoms in total. The van der Waals surface area contributed by atoms with Gasteiger partial charge in [0.05, 0.1) is 6.42 Å². The van der Waals surface area contributed by atoms with Crippen LogP contribution in [0.3, 0.4) is 0 Å². The van der Waals surface area contributed by atoms with Gasteiger partial charge in [0, 0.05) is 29.8 Å². The second-order valence-electron chi connectivity index (χ2n) is 7.81. The maximum atomic E-state index is 12.3. The highest BCUT2D eigenvalue weighted by molar-refractivity contribution is 6.35. The molecule has 0 bridgehead atoms.